The largest absolute Gasteiger partial charge is 0.497 e. The third kappa shape index (κ3) is 3.83. The van der Waals surface area contributed by atoms with E-state index in [9.17, 15) is 4.79 Å². The minimum atomic E-state index is 0.0618. The van der Waals surface area contributed by atoms with E-state index in [4.69, 9.17) is 4.74 Å². The van der Waals surface area contributed by atoms with Gasteiger partial charge in [0.1, 0.15) is 11.1 Å². The van der Waals surface area contributed by atoms with E-state index in [0.29, 0.717) is 11.3 Å². The molecule has 2 aromatic carbocycles. The molecule has 1 unspecified atom stereocenters. The van der Waals surface area contributed by atoms with Gasteiger partial charge in [0.25, 0.3) is 5.91 Å². The predicted molar refractivity (Wildman–Crippen MR) is 109 cm³/mol. The van der Waals surface area contributed by atoms with Crippen LogP contribution in [0.3, 0.4) is 0 Å². The molecule has 0 bridgehead atoms. The van der Waals surface area contributed by atoms with E-state index in [1.54, 1.807) is 7.11 Å². The number of benzene rings is 2. The Bertz CT molecular complexity index is 744. The molecule has 0 aromatic heterocycles. The van der Waals surface area contributed by atoms with Crippen molar-refractivity contribution >= 4 is 23.4 Å². The molecule has 0 saturated carbocycles. The molecular weight excluding hydrogens is 344 g/mol. The molecule has 0 N–H and O–H groups in total. The molecule has 0 spiro atoms. The minimum Gasteiger partial charge on any atom is -0.497 e. The third-order valence-corrected chi connectivity index (χ3v) is 6.04. The molecule has 138 valence electrons. The van der Waals surface area contributed by atoms with Gasteiger partial charge in [-0.05, 0) is 49.7 Å². The van der Waals surface area contributed by atoms with Gasteiger partial charge in [0, 0.05) is 36.6 Å². The van der Waals surface area contributed by atoms with E-state index in [2.05, 4.69) is 43.0 Å². The molecule has 1 aliphatic heterocycles. The second-order valence-corrected chi connectivity index (χ2v) is 7.41. The summed E-state index contributed by atoms with van der Waals surface area (Å²) in [5.74, 6) is 1.73. The number of carbonyl (C=O) groups excluding carboxylic acids is 1. The van der Waals surface area contributed by atoms with Crippen LogP contribution in [0.15, 0.2) is 48.5 Å². The fourth-order valence-corrected chi connectivity index (χ4v) is 4.57. The Balaban J connectivity index is 1.80. The Morgan fingerprint density at radius 3 is 2.58 bits per heavy atom. The first kappa shape index (κ1) is 18.6. The number of nitrogens with zero attached hydrogens (tertiary/aromatic N) is 2. The first-order valence-electron chi connectivity index (χ1n) is 9.09. The van der Waals surface area contributed by atoms with Gasteiger partial charge in [-0.2, -0.15) is 0 Å². The quantitative estimate of drug-likeness (QED) is 0.753. The first-order valence-corrected chi connectivity index (χ1v) is 10.1. The highest BCUT2D eigenvalue weighted by atomic mass is 32.2. The predicted octanol–water partition coefficient (Wildman–Crippen LogP) is 4.43. The zero-order valence-corrected chi connectivity index (χ0v) is 16.5. The molecule has 4 nitrogen and oxygen atoms in total. The van der Waals surface area contributed by atoms with Crippen molar-refractivity contribution < 1.29 is 9.53 Å². The topological polar surface area (TPSA) is 32.8 Å². The number of methoxy groups -OCH3 is 1. The zero-order chi connectivity index (χ0) is 18.5. The van der Waals surface area contributed by atoms with Crippen LogP contribution in [0, 0.1) is 0 Å². The van der Waals surface area contributed by atoms with Crippen LogP contribution in [-0.4, -0.2) is 43.3 Å². The van der Waals surface area contributed by atoms with Crippen LogP contribution in [0.2, 0.25) is 0 Å². The van der Waals surface area contributed by atoms with Gasteiger partial charge in [-0.15, -0.1) is 11.8 Å². The molecule has 5 heteroatoms. The maximum atomic E-state index is 13.0. The van der Waals surface area contributed by atoms with E-state index >= 15 is 0 Å². The van der Waals surface area contributed by atoms with E-state index < -0.39 is 0 Å². The molecule has 0 aliphatic carbocycles. The standard InChI is InChI=1S/C21H26N2O2S/c1-4-22(5-2)18-11-9-16(10-12-18)21-23(13-14-26-21)20(24)17-7-6-8-19(15-17)25-3/h6-12,15,21H,4-5,13-14H2,1-3H3. The summed E-state index contributed by atoms with van der Waals surface area (Å²) in [6.45, 7) is 7.09. The molecule has 26 heavy (non-hydrogen) atoms. The van der Waals surface area contributed by atoms with E-state index in [1.165, 1.54) is 11.3 Å². The Labute approximate surface area is 160 Å². The number of hydrogen-bond acceptors (Lipinski definition) is 4. The van der Waals surface area contributed by atoms with E-state index in [0.717, 1.165) is 25.4 Å². The van der Waals surface area contributed by atoms with Crippen molar-refractivity contribution in [2.75, 3.05) is 37.4 Å². The van der Waals surface area contributed by atoms with E-state index in [1.807, 2.05) is 40.9 Å². The van der Waals surface area contributed by atoms with Crippen molar-refractivity contribution in [1.29, 1.82) is 0 Å². The number of hydrogen-bond donors (Lipinski definition) is 0. The molecule has 1 fully saturated rings. The normalized spacial score (nSPS) is 16.6. The Morgan fingerprint density at radius 2 is 1.92 bits per heavy atom. The summed E-state index contributed by atoms with van der Waals surface area (Å²) in [5.41, 5.74) is 3.09. The van der Waals surface area contributed by atoms with Gasteiger partial charge in [0.15, 0.2) is 0 Å². The van der Waals surface area contributed by atoms with Crippen molar-refractivity contribution in [1.82, 2.24) is 4.90 Å². The molecule has 1 aliphatic rings. The molecule has 2 aromatic rings. The number of rotatable bonds is 6. The maximum Gasteiger partial charge on any atom is 0.255 e. The lowest BCUT2D eigenvalue weighted by atomic mass is 10.1. The maximum absolute atomic E-state index is 13.0. The van der Waals surface area contributed by atoms with Crippen LogP contribution in [-0.2, 0) is 0 Å². The zero-order valence-electron chi connectivity index (χ0n) is 15.6. The number of thioether (sulfide) groups is 1. The number of carbonyl (C=O) groups is 1. The van der Waals surface area contributed by atoms with Gasteiger partial charge in [-0.25, -0.2) is 0 Å². The number of ether oxygens (including phenoxy) is 1. The van der Waals surface area contributed by atoms with Gasteiger partial charge in [-0.3, -0.25) is 4.79 Å². The van der Waals surface area contributed by atoms with Gasteiger partial charge in [-0.1, -0.05) is 18.2 Å². The average molecular weight is 371 g/mol. The van der Waals surface area contributed by atoms with Crippen molar-refractivity contribution in [3.05, 3.63) is 59.7 Å². The van der Waals surface area contributed by atoms with Crippen LogP contribution in [0.25, 0.3) is 0 Å². The van der Waals surface area contributed by atoms with Gasteiger partial charge in [0.05, 0.1) is 7.11 Å². The fraction of sp³-hybridized carbons (Fsp3) is 0.381. The Hall–Kier alpha value is -2.14. The second-order valence-electron chi connectivity index (χ2n) is 6.22. The Kier molecular flexibility index (Phi) is 6.09. The monoisotopic (exact) mass is 370 g/mol. The summed E-state index contributed by atoms with van der Waals surface area (Å²) in [6.07, 6.45) is 0. The molecule has 1 saturated heterocycles. The van der Waals surface area contributed by atoms with Crippen LogP contribution in [0.4, 0.5) is 5.69 Å². The highest BCUT2D eigenvalue weighted by molar-refractivity contribution is 7.99. The number of anilines is 1. The summed E-state index contributed by atoms with van der Waals surface area (Å²) >= 11 is 1.82. The van der Waals surface area contributed by atoms with Gasteiger partial charge < -0.3 is 14.5 Å². The molecule has 0 radical (unpaired) electrons. The lowest BCUT2D eigenvalue weighted by molar-refractivity contribution is 0.0760. The second kappa shape index (κ2) is 8.49. The third-order valence-electron chi connectivity index (χ3n) is 4.78. The molecule has 1 amide bonds. The first-order chi connectivity index (χ1) is 12.7. The molecule has 1 heterocycles. The smallest absolute Gasteiger partial charge is 0.255 e. The highest BCUT2D eigenvalue weighted by Gasteiger charge is 2.31. The van der Waals surface area contributed by atoms with Crippen molar-refractivity contribution in [2.24, 2.45) is 0 Å². The van der Waals surface area contributed by atoms with Crippen LogP contribution in [0.1, 0.15) is 35.1 Å². The summed E-state index contributed by atoms with van der Waals surface area (Å²) in [6, 6.07) is 16.0. The lowest BCUT2D eigenvalue weighted by Crippen LogP contribution is -2.30. The summed E-state index contributed by atoms with van der Waals surface area (Å²) in [5, 5.41) is 0.0689. The van der Waals surface area contributed by atoms with E-state index in [-0.39, 0.29) is 11.3 Å². The SMILES string of the molecule is CCN(CC)c1ccc(C2SCCN2C(=O)c2cccc(OC)c2)cc1. The lowest BCUT2D eigenvalue weighted by Gasteiger charge is -2.26. The molecular formula is C21H26N2O2S. The van der Waals surface area contributed by atoms with Crippen molar-refractivity contribution in [2.45, 2.75) is 19.2 Å². The summed E-state index contributed by atoms with van der Waals surface area (Å²) in [4.78, 5) is 17.3. The van der Waals surface area contributed by atoms with Crippen LogP contribution in [0.5, 0.6) is 5.75 Å². The molecule has 1 atom stereocenters. The average Bonchev–Trinajstić information content (AvgIpc) is 3.18. The fourth-order valence-electron chi connectivity index (χ4n) is 3.31. The van der Waals surface area contributed by atoms with Gasteiger partial charge >= 0.3 is 0 Å². The van der Waals surface area contributed by atoms with Crippen molar-refractivity contribution in [3.63, 3.8) is 0 Å². The van der Waals surface area contributed by atoms with Crippen LogP contribution >= 0.6 is 11.8 Å². The summed E-state index contributed by atoms with van der Waals surface area (Å²) < 4.78 is 5.26. The highest BCUT2D eigenvalue weighted by Crippen LogP contribution is 2.39. The molecule has 3 rings (SSSR count). The summed E-state index contributed by atoms with van der Waals surface area (Å²) in [7, 11) is 1.62. The number of amides is 1. The van der Waals surface area contributed by atoms with Crippen molar-refractivity contribution in [3.8, 4) is 5.75 Å². The Morgan fingerprint density at radius 1 is 1.19 bits per heavy atom. The van der Waals surface area contributed by atoms with Gasteiger partial charge in [0.2, 0.25) is 0 Å². The van der Waals surface area contributed by atoms with Crippen LogP contribution < -0.4 is 9.64 Å². The minimum absolute atomic E-state index is 0.0618.